The average molecular weight is 357 g/mol. The maximum absolute atomic E-state index is 11.1. The number of carboxylic acids is 1. The molecule has 0 bridgehead atoms. The summed E-state index contributed by atoms with van der Waals surface area (Å²) < 4.78 is 0. The SMILES string of the molecule is N[C@H](CCCCNc1c([N+](=O)[O-])cc([N+](=O)[O-])cc1[N+](=O)[O-])C(=O)O. The third-order valence-electron chi connectivity index (χ3n) is 3.25. The van der Waals surface area contributed by atoms with Crippen LogP contribution in [0.2, 0.25) is 0 Å². The van der Waals surface area contributed by atoms with E-state index in [9.17, 15) is 35.1 Å². The van der Waals surface area contributed by atoms with E-state index in [1.807, 2.05) is 0 Å². The molecule has 0 saturated carbocycles. The highest BCUT2D eigenvalue weighted by Gasteiger charge is 2.30. The Hall–Kier alpha value is -3.35. The maximum atomic E-state index is 11.1. The number of hydrogen-bond donors (Lipinski definition) is 3. The molecule has 0 aliphatic rings. The van der Waals surface area contributed by atoms with E-state index in [-0.39, 0.29) is 13.0 Å². The van der Waals surface area contributed by atoms with Crippen molar-refractivity contribution in [2.45, 2.75) is 25.3 Å². The molecule has 136 valence electrons. The molecule has 0 radical (unpaired) electrons. The quantitative estimate of drug-likeness (QED) is 0.311. The lowest BCUT2D eigenvalue weighted by Crippen LogP contribution is -2.29. The molecular weight excluding hydrogens is 342 g/mol. The number of carbonyl (C=O) groups is 1. The Labute approximate surface area is 139 Å². The van der Waals surface area contributed by atoms with Crippen LogP contribution in [0.15, 0.2) is 12.1 Å². The maximum Gasteiger partial charge on any atom is 0.320 e. The molecule has 13 heteroatoms. The highest BCUT2D eigenvalue weighted by atomic mass is 16.6. The van der Waals surface area contributed by atoms with Gasteiger partial charge in [0.1, 0.15) is 6.04 Å². The van der Waals surface area contributed by atoms with Crippen molar-refractivity contribution in [1.82, 2.24) is 0 Å². The van der Waals surface area contributed by atoms with Crippen molar-refractivity contribution in [3.05, 3.63) is 42.5 Å². The van der Waals surface area contributed by atoms with E-state index in [4.69, 9.17) is 10.8 Å². The van der Waals surface area contributed by atoms with Crippen LogP contribution >= 0.6 is 0 Å². The zero-order valence-electron chi connectivity index (χ0n) is 12.8. The van der Waals surface area contributed by atoms with Gasteiger partial charge in [-0.1, -0.05) is 0 Å². The Bertz CT molecular complexity index is 672. The Kier molecular flexibility index (Phi) is 6.69. The average Bonchev–Trinajstić information content (AvgIpc) is 2.53. The van der Waals surface area contributed by atoms with Crippen LogP contribution in [-0.4, -0.2) is 38.4 Å². The van der Waals surface area contributed by atoms with Crippen molar-refractivity contribution in [3.8, 4) is 0 Å². The summed E-state index contributed by atoms with van der Waals surface area (Å²) in [6.07, 6.45) is 0.878. The molecule has 0 unspecified atom stereocenters. The fraction of sp³-hybridized carbons (Fsp3) is 0.417. The Morgan fingerprint density at radius 3 is 2.00 bits per heavy atom. The lowest BCUT2D eigenvalue weighted by Gasteiger charge is -2.09. The van der Waals surface area contributed by atoms with Gasteiger partial charge in [-0.25, -0.2) is 0 Å². The zero-order chi connectivity index (χ0) is 19.1. The number of non-ortho nitro benzene ring substituents is 1. The Morgan fingerprint density at radius 1 is 1.08 bits per heavy atom. The van der Waals surface area contributed by atoms with Crippen LogP contribution in [0.4, 0.5) is 22.7 Å². The summed E-state index contributed by atoms with van der Waals surface area (Å²) in [6, 6.07) is 0.230. The Morgan fingerprint density at radius 2 is 1.60 bits per heavy atom. The van der Waals surface area contributed by atoms with Crippen LogP contribution in [0, 0.1) is 30.3 Å². The van der Waals surface area contributed by atoms with E-state index >= 15 is 0 Å². The summed E-state index contributed by atoms with van der Waals surface area (Å²) in [5.74, 6) is -1.16. The molecule has 1 atom stereocenters. The van der Waals surface area contributed by atoms with E-state index in [0.717, 1.165) is 0 Å². The van der Waals surface area contributed by atoms with Gasteiger partial charge in [0.2, 0.25) is 0 Å². The first kappa shape index (κ1) is 19.7. The van der Waals surface area contributed by atoms with Gasteiger partial charge in [-0.2, -0.15) is 0 Å². The molecule has 0 saturated heterocycles. The van der Waals surface area contributed by atoms with Gasteiger partial charge in [0.15, 0.2) is 5.69 Å². The molecule has 4 N–H and O–H groups in total. The monoisotopic (exact) mass is 357 g/mol. The molecule has 0 aliphatic heterocycles. The van der Waals surface area contributed by atoms with Crippen molar-refractivity contribution >= 4 is 28.7 Å². The smallest absolute Gasteiger partial charge is 0.320 e. The molecule has 1 rings (SSSR count). The normalized spacial score (nSPS) is 11.6. The number of unbranched alkanes of at least 4 members (excludes halogenated alkanes) is 1. The van der Waals surface area contributed by atoms with Crippen molar-refractivity contribution in [3.63, 3.8) is 0 Å². The highest BCUT2D eigenvalue weighted by Crippen LogP contribution is 2.38. The van der Waals surface area contributed by atoms with E-state index < -0.39 is 49.5 Å². The minimum atomic E-state index is -1.16. The minimum absolute atomic E-state index is 0.0613. The molecule has 13 nitrogen and oxygen atoms in total. The van der Waals surface area contributed by atoms with Gasteiger partial charge in [-0.05, 0) is 19.3 Å². The summed E-state index contributed by atoms with van der Waals surface area (Å²) in [6.45, 7) is 0.0613. The first-order valence-corrected chi connectivity index (χ1v) is 6.98. The number of nitro benzene ring substituents is 3. The van der Waals surface area contributed by atoms with Crippen molar-refractivity contribution < 1.29 is 24.7 Å². The molecule has 0 aromatic heterocycles. The second kappa shape index (κ2) is 8.49. The molecular formula is C12H15N5O8. The number of nitrogens with zero attached hydrogens (tertiary/aromatic N) is 3. The summed E-state index contributed by atoms with van der Waals surface area (Å²) >= 11 is 0. The van der Waals surface area contributed by atoms with Crippen molar-refractivity contribution in [1.29, 1.82) is 0 Å². The Balaban J connectivity index is 2.93. The predicted molar refractivity (Wildman–Crippen MR) is 84.4 cm³/mol. The first-order chi connectivity index (χ1) is 11.6. The number of benzene rings is 1. The zero-order valence-corrected chi connectivity index (χ0v) is 12.8. The number of anilines is 1. The number of carboxylic acid groups (broad SMARTS) is 1. The summed E-state index contributed by atoms with van der Waals surface area (Å²) in [4.78, 5) is 40.6. The van der Waals surface area contributed by atoms with Crippen LogP contribution in [0.5, 0.6) is 0 Å². The van der Waals surface area contributed by atoms with Gasteiger partial charge in [0.05, 0.1) is 26.9 Å². The van der Waals surface area contributed by atoms with E-state index in [1.165, 1.54) is 0 Å². The molecule has 0 amide bonds. The predicted octanol–water partition coefficient (Wildman–Crippen LogP) is 1.41. The number of nitrogens with two attached hydrogens (primary N) is 1. The topological polar surface area (TPSA) is 205 Å². The van der Waals surface area contributed by atoms with Gasteiger partial charge in [-0.15, -0.1) is 0 Å². The standard InChI is InChI=1S/C12H15N5O8/c13-8(12(18)19)3-1-2-4-14-11-9(16(22)23)5-7(15(20)21)6-10(11)17(24)25/h5-6,8,14H,1-4,13H2,(H,18,19)/t8-/m1/s1. The van der Waals surface area contributed by atoms with Gasteiger partial charge in [0, 0.05) is 6.54 Å². The summed E-state index contributed by atoms with van der Waals surface area (Å²) in [5, 5.41) is 44.0. The second-order valence-corrected chi connectivity index (χ2v) is 5.00. The van der Waals surface area contributed by atoms with Gasteiger partial charge in [0.25, 0.3) is 5.69 Å². The van der Waals surface area contributed by atoms with Crippen LogP contribution < -0.4 is 11.1 Å². The number of nitrogens with one attached hydrogen (secondary N) is 1. The molecule has 0 spiro atoms. The second-order valence-electron chi connectivity index (χ2n) is 5.00. The fourth-order valence-electron chi connectivity index (χ4n) is 2.00. The summed E-state index contributed by atoms with van der Waals surface area (Å²) in [5.41, 5.74) is 2.53. The van der Waals surface area contributed by atoms with E-state index in [0.29, 0.717) is 25.0 Å². The van der Waals surface area contributed by atoms with E-state index in [1.54, 1.807) is 0 Å². The van der Waals surface area contributed by atoms with Gasteiger partial charge >= 0.3 is 17.3 Å². The third-order valence-corrected chi connectivity index (χ3v) is 3.25. The van der Waals surface area contributed by atoms with Gasteiger partial charge < -0.3 is 16.2 Å². The lowest BCUT2D eigenvalue weighted by molar-refractivity contribution is -0.401. The van der Waals surface area contributed by atoms with E-state index in [2.05, 4.69) is 5.32 Å². The number of nitro groups is 3. The van der Waals surface area contributed by atoms with Crippen molar-refractivity contribution in [2.24, 2.45) is 5.73 Å². The highest BCUT2D eigenvalue weighted by molar-refractivity contribution is 5.77. The molecule has 1 aromatic carbocycles. The molecule has 0 aliphatic carbocycles. The van der Waals surface area contributed by atoms with Crippen LogP contribution in [0.1, 0.15) is 19.3 Å². The van der Waals surface area contributed by atoms with Crippen LogP contribution in [0.3, 0.4) is 0 Å². The van der Waals surface area contributed by atoms with Gasteiger partial charge in [-0.3, -0.25) is 35.1 Å². The van der Waals surface area contributed by atoms with Crippen LogP contribution in [0.25, 0.3) is 0 Å². The molecule has 0 heterocycles. The number of hydrogen-bond acceptors (Lipinski definition) is 9. The summed E-state index contributed by atoms with van der Waals surface area (Å²) in [7, 11) is 0. The molecule has 25 heavy (non-hydrogen) atoms. The van der Waals surface area contributed by atoms with Crippen molar-refractivity contribution in [2.75, 3.05) is 11.9 Å². The largest absolute Gasteiger partial charge is 0.480 e. The third kappa shape index (κ3) is 5.35. The van der Waals surface area contributed by atoms with Crippen LogP contribution in [-0.2, 0) is 4.79 Å². The molecule has 1 aromatic rings. The molecule has 0 fully saturated rings. The minimum Gasteiger partial charge on any atom is -0.480 e. The number of rotatable bonds is 10. The first-order valence-electron chi connectivity index (χ1n) is 6.98. The lowest BCUT2D eigenvalue weighted by atomic mass is 10.1. The number of aliphatic carboxylic acids is 1. The fourth-order valence-corrected chi connectivity index (χ4v) is 2.00.